The molecule has 0 radical (unpaired) electrons. The van der Waals surface area contributed by atoms with Gasteiger partial charge in [-0.2, -0.15) is 0 Å². The number of hydrogen-bond acceptors (Lipinski definition) is 3. The minimum atomic E-state index is 0.141. The standard InChI is InChI=1S/C19H34N2O/c1-4-14(3)16-11-17(13-22)19(21-12-16)8-9-20-18-7-6-15(5-2)10-18/h12-15,17-21H,4-11H2,1-3H3/t14-,15?,17?,18?,19?/m1/s1. The number of nitrogens with one attached hydrogen (secondary N) is 2. The van der Waals surface area contributed by atoms with Crippen molar-refractivity contribution < 1.29 is 4.79 Å². The molecule has 1 aliphatic carbocycles. The molecule has 1 saturated carbocycles. The third-order valence-electron chi connectivity index (χ3n) is 5.90. The molecule has 2 aliphatic rings. The minimum Gasteiger partial charge on any atom is -0.387 e. The molecule has 3 heteroatoms. The molecule has 0 aromatic heterocycles. The monoisotopic (exact) mass is 306 g/mol. The Morgan fingerprint density at radius 3 is 2.86 bits per heavy atom. The Morgan fingerprint density at radius 2 is 2.23 bits per heavy atom. The quantitative estimate of drug-likeness (QED) is 0.673. The molecule has 0 amide bonds. The van der Waals surface area contributed by atoms with E-state index in [0.717, 1.165) is 38.0 Å². The summed E-state index contributed by atoms with van der Waals surface area (Å²) >= 11 is 0. The summed E-state index contributed by atoms with van der Waals surface area (Å²) in [6.45, 7) is 7.79. The second kappa shape index (κ2) is 8.71. The summed E-state index contributed by atoms with van der Waals surface area (Å²) in [6.07, 6.45) is 11.8. The third-order valence-corrected chi connectivity index (χ3v) is 5.90. The van der Waals surface area contributed by atoms with Gasteiger partial charge in [0.25, 0.3) is 0 Å². The van der Waals surface area contributed by atoms with Gasteiger partial charge in [-0.15, -0.1) is 0 Å². The van der Waals surface area contributed by atoms with Crippen LogP contribution in [0.15, 0.2) is 11.8 Å². The van der Waals surface area contributed by atoms with Gasteiger partial charge in [-0.1, -0.05) is 32.8 Å². The van der Waals surface area contributed by atoms with E-state index >= 15 is 0 Å². The molecule has 1 aliphatic heterocycles. The largest absolute Gasteiger partial charge is 0.387 e. The second-order valence-electron chi connectivity index (χ2n) is 7.33. The van der Waals surface area contributed by atoms with Crippen molar-refractivity contribution in [3.8, 4) is 0 Å². The third kappa shape index (κ3) is 4.58. The van der Waals surface area contributed by atoms with Crippen LogP contribution in [0.4, 0.5) is 0 Å². The summed E-state index contributed by atoms with van der Waals surface area (Å²) in [5.74, 6) is 1.65. The fraction of sp³-hybridized carbons (Fsp3) is 0.842. The van der Waals surface area contributed by atoms with E-state index in [1.54, 1.807) is 0 Å². The molecule has 4 unspecified atom stereocenters. The topological polar surface area (TPSA) is 41.1 Å². The number of aldehydes is 1. The van der Waals surface area contributed by atoms with Crippen LogP contribution >= 0.6 is 0 Å². The predicted molar refractivity (Wildman–Crippen MR) is 92.7 cm³/mol. The van der Waals surface area contributed by atoms with E-state index in [0.29, 0.717) is 18.0 Å². The first-order valence-electron chi connectivity index (χ1n) is 9.31. The molecular formula is C19H34N2O. The fourth-order valence-electron chi connectivity index (χ4n) is 3.93. The van der Waals surface area contributed by atoms with Crippen molar-refractivity contribution in [1.82, 2.24) is 10.6 Å². The lowest BCUT2D eigenvalue weighted by Crippen LogP contribution is -2.41. The number of hydrogen-bond donors (Lipinski definition) is 2. The van der Waals surface area contributed by atoms with E-state index in [2.05, 4.69) is 37.6 Å². The van der Waals surface area contributed by atoms with Crippen molar-refractivity contribution in [2.75, 3.05) is 6.54 Å². The van der Waals surface area contributed by atoms with Crippen molar-refractivity contribution in [1.29, 1.82) is 0 Å². The molecule has 0 aromatic carbocycles. The minimum absolute atomic E-state index is 0.141. The number of carbonyl (C=O) groups excluding carboxylic acids is 1. The van der Waals surface area contributed by atoms with Crippen LogP contribution in [-0.4, -0.2) is 24.9 Å². The SMILES string of the molecule is CCC1CCC(NCCC2NC=C([C@H](C)CC)CC2C=O)C1. The van der Waals surface area contributed by atoms with Crippen LogP contribution in [0.3, 0.4) is 0 Å². The molecular weight excluding hydrogens is 272 g/mol. The van der Waals surface area contributed by atoms with E-state index < -0.39 is 0 Å². The Bertz CT molecular complexity index is 380. The van der Waals surface area contributed by atoms with Gasteiger partial charge in [0, 0.05) is 18.0 Å². The van der Waals surface area contributed by atoms with Gasteiger partial charge < -0.3 is 15.4 Å². The van der Waals surface area contributed by atoms with Crippen molar-refractivity contribution in [2.45, 2.75) is 77.8 Å². The average molecular weight is 306 g/mol. The van der Waals surface area contributed by atoms with Gasteiger partial charge in [0.2, 0.25) is 0 Å². The summed E-state index contributed by atoms with van der Waals surface area (Å²) < 4.78 is 0. The van der Waals surface area contributed by atoms with Gasteiger partial charge in [0.15, 0.2) is 0 Å². The maximum Gasteiger partial charge on any atom is 0.125 e. The molecule has 3 nitrogen and oxygen atoms in total. The number of rotatable bonds is 8. The van der Waals surface area contributed by atoms with Crippen LogP contribution in [-0.2, 0) is 4.79 Å². The van der Waals surface area contributed by atoms with Crippen LogP contribution in [0.25, 0.3) is 0 Å². The Kier molecular flexibility index (Phi) is 6.94. The zero-order valence-corrected chi connectivity index (χ0v) is 14.6. The lowest BCUT2D eigenvalue weighted by Gasteiger charge is -2.31. The Labute approximate surface area is 136 Å². The summed E-state index contributed by atoms with van der Waals surface area (Å²) in [5, 5.41) is 7.20. The highest BCUT2D eigenvalue weighted by Gasteiger charge is 2.27. The van der Waals surface area contributed by atoms with E-state index in [9.17, 15) is 4.79 Å². The van der Waals surface area contributed by atoms with Gasteiger partial charge in [-0.3, -0.25) is 0 Å². The number of carbonyl (C=O) groups is 1. The van der Waals surface area contributed by atoms with Crippen LogP contribution < -0.4 is 10.6 Å². The first kappa shape index (κ1) is 17.5. The summed E-state index contributed by atoms with van der Waals surface area (Å²) in [6, 6.07) is 1.01. The second-order valence-corrected chi connectivity index (χ2v) is 7.33. The van der Waals surface area contributed by atoms with Gasteiger partial charge in [-0.05, 0) is 63.1 Å². The smallest absolute Gasteiger partial charge is 0.125 e. The van der Waals surface area contributed by atoms with E-state index in [1.807, 2.05) is 0 Å². The van der Waals surface area contributed by atoms with Crippen molar-refractivity contribution in [3.05, 3.63) is 11.8 Å². The summed E-state index contributed by atoms with van der Waals surface area (Å²) in [5.41, 5.74) is 1.41. The lowest BCUT2D eigenvalue weighted by atomic mass is 9.83. The van der Waals surface area contributed by atoms with E-state index in [4.69, 9.17) is 0 Å². The lowest BCUT2D eigenvalue weighted by molar-refractivity contribution is -0.112. The molecule has 0 saturated heterocycles. The maximum absolute atomic E-state index is 11.4. The Hall–Kier alpha value is -0.830. The normalized spacial score (nSPS) is 33.1. The van der Waals surface area contributed by atoms with Gasteiger partial charge >= 0.3 is 0 Å². The summed E-state index contributed by atoms with van der Waals surface area (Å²) in [4.78, 5) is 11.4. The molecule has 0 bridgehead atoms. The molecule has 1 fully saturated rings. The summed E-state index contributed by atoms with van der Waals surface area (Å²) in [7, 11) is 0. The van der Waals surface area contributed by atoms with Crippen LogP contribution in [0.2, 0.25) is 0 Å². The van der Waals surface area contributed by atoms with Crippen molar-refractivity contribution in [3.63, 3.8) is 0 Å². The average Bonchev–Trinajstić information content (AvgIpc) is 3.02. The molecule has 1 heterocycles. The molecule has 5 atom stereocenters. The first-order valence-corrected chi connectivity index (χ1v) is 9.31. The molecule has 2 rings (SSSR count). The zero-order chi connectivity index (χ0) is 15.9. The highest BCUT2D eigenvalue weighted by Crippen LogP contribution is 2.29. The fourth-order valence-corrected chi connectivity index (χ4v) is 3.93. The van der Waals surface area contributed by atoms with Gasteiger partial charge in [0.05, 0.1) is 0 Å². The molecule has 0 spiro atoms. The van der Waals surface area contributed by atoms with E-state index in [1.165, 1.54) is 31.3 Å². The van der Waals surface area contributed by atoms with Crippen LogP contribution in [0.5, 0.6) is 0 Å². The molecule has 126 valence electrons. The Morgan fingerprint density at radius 1 is 1.41 bits per heavy atom. The molecule has 2 N–H and O–H groups in total. The van der Waals surface area contributed by atoms with Crippen molar-refractivity contribution >= 4 is 6.29 Å². The van der Waals surface area contributed by atoms with E-state index in [-0.39, 0.29) is 5.92 Å². The highest BCUT2D eigenvalue weighted by atomic mass is 16.1. The van der Waals surface area contributed by atoms with Gasteiger partial charge in [-0.25, -0.2) is 0 Å². The first-order chi connectivity index (χ1) is 10.7. The van der Waals surface area contributed by atoms with Crippen LogP contribution in [0.1, 0.15) is 65.7 Å². The predicted octanol–water partition coefficient (Wildman–Crippen LogP) is 3.65. The van der Waals surface area contributed by atoms with Crippen LogP contribution in [0, 0.1) is 17.8 Å². The molecule has 0 aromatic rings. The maximum atomic E-state index is 11.4. The van der Waals surface area contributed by atoms with Gasteiger partial charge in [0.1, 0.15) is 6.29 Å². The number of allylic oxidation sites excluding steroid dienone is 1. The zero-order valence-electron chi connectivity index (χ0n) is 14.6. The highest BCUT2D eigenvalue weighted by molar-refractivity contribution is 5.56. The molecule has 22 heavy (non-hydrogen) atoms. The van der Waals surface area contributed by atoms with Crippen molar-refractivity contribution in [2.24, 2.45) is 17.8 Å². The Balaban J connectivity index is 1.75.